The van der Waals surface area contributed by atoms with Crippen LogP contribution in [0.5, 0.6) is 0 Å². The van der Waals surface area contributed by atoms with E-state index >= 15 is 0 Å². The molecule has 1 N–H and O–H groups in total. The Balaban J connectivity index is 1.72. The Morgan fingerprint density at radius 3 is 2.86 bits per heavy atom. The molecule has 2 aliphatic heterocycles. The van der Waals surface area contributed by atoms with Gasteiger partial charge >= 0.3 is 5.97 Å². The first kappa shape index (κ1) is 14.3. The summed E-state index contributed by atoms with van der Waals surface area (Å²) >= 11 is 0. The Hall–Kier alpha value is -1.35. The van der Waals surface area contributed by atoms with Gasteiger partial charge in [-0.1, -0.05) is 31.2 Å². The molecular formula is C19H25NO2. The van der Waals surface area contributed by atoms with Crippen molar-refractivity contribution >= 4 is 5.97 Å². The molecule has 2 saturated heterocycles. The molecule has 1 aromatic rings. The van der Waals surface area contributed by atoms with Crippen LogP contribution in [0, 0.1) is 11.8 Å². The highest BCUT2D eigenvalue weighted by Crippen LogP contribution is 2.56. The molecule has 3 fully saturated rings. The highest BCUT2D eigenvalue weighted by Gasteiger charge is 2.59. The summed E-state index contributed by atoms with van der Waals surface area (Å²) in [6.45, 7) is 4.70. The number of ether oxygens (including phenoxy) is 1. The number of benzene rings is 1. The minimum absolute atomic E-state index is 0.00186. The Morgan fingerprint density at radius 2 is 2.14 bits per heavy atom. The maximum absolute atomic E-state index is 12.3. The van der Waals surface area contributed by atoms with E-state index in [0.717, 1.165) is 19.3 Å². The molecule has 3 heteroatoms. The Labute approximate surface area is 132 Å². The monoisotopic (exact) mass is 299 g/mol. The fourth-order valence-electron chi connectivity index (χ4n) is 5.50. The van der Waals surface area contributed by atoms with Crippen molar-refractivity contribution in [1.29, 1.82) is 0 Å². The van der Waals surface area contributed by atoms with E-state index in [0.29, 0.717) is 18.6 Å². The van der Waals surface area contributed by atoms with Gasteiger partial charge in [0, 0.05) is 17.5 Å². The van der Waals surface area contributed by atoms with Crippen molar-refractivity contribution in [2.75, 3.05) is 6.61 Å². The van der Waals surface area contributed by atoms with Crippen LogP contribution in [-0.4, -0.2) is 24.7 Å². The number of rotatable bonds is 3. The van der Waals surface area contributed by atoms with E-state index in [4.69, 9.17) is 4.74 Å². The Morgan fingerprint density at radius 1 is 1.32 bits per heavy atom. The molecule has 0 radical (unpaired) electrons. The summed E-state index contributed by atoms with van der Waals surface area (Å²) in [6, 6.07) is 9.75. The summed E-state index contributed by atoms with van der Waals surface area (Å²) < 4.78 is 5.31. The van der Waals surface area contributed by atoms with E-state index < -0.39 is 0 Å². The zero-order chi connectivity index (χ0) is 15.3. The number of hydrogen-bond acceptors (Lipinski definition) is 3. The third kappa shape index (κ3) is 1.81. The fraction of sp³-hybridized carbons (Fsp3) is 0.632. The van der Waals surface area contributed by atoms with Crippen molar-refractivity contribution in [3.8, 4) is 0 Å². The summed E-state index contributed by atoms with van der Waals surface area (Å²) in [7, 11) is 0. The van der Waals surface area contributed by atoms with Crippen molar-refractivity contribution in [3.05, 3.63) is 35.4 Å². The van der Waals surface area contributed by atoms with E-state index in [2.05, 4.69) is 36.5 Å². The molecule has 2 heterocycles. The molecule has 22 heavy (non-hydrogen) atoms. The average molecular weight is 299 g/mol. The number of nitrogens with one attached hydrogen (secondary N) is 1. The normalized spacial score (nSPS) is 38.5. The van der Waals surface area contributed by atoms with Gasteiger partial charge in [0.2, 0.25) is 0 Å². The van der Waals surface area contributed by atoms with Gasteiger partial charge in [-0.2, -0.15) is 0 Å². The number of carbonyl (C=O) groups is 1. The Kier molecular flexibility index (Phi) is 3.30. The molecule has 5 unspecified atom stereocenters. The first-order chi connectivity index (χ1) is 10.7. The fourth-order valence-corrected chi connectivity index (χ4v) is 5.50. The highest BCUT2D eigenvalue weighted by molar-refractivity contribution is 5.74. The highest BCUT2D eigenvalue weighted by atomic mass is 16.5. The zero-order valence-corrected chi connectivity index (χ0v) is 13.5. The number of piperidine rings is 2. The van der Waals surface area contributed by atoms with Gasteiger partial charge in [0.25, 0.3) is 0 Å². The molecular weight excluding hydrogens is 274 g/mol. The molecule has 3 nitrogen and oxygen atoms in total. The third-order valence-electron chi connectivity index (χ3n) is 6.42. The molecule has 4 aliphatic rings. The van der Waals surface area contributed by atoms with Crippen molar-refractivity contribution < 1.29 is 9.53 Å². The maximum atomic E-state index is 12.3. The zero-order valence-electron chi connectivity index (χ0n) is 13.5. The molecule has 0 amide bonds. The molecule has 5 atom stereocenters. The maximum Gasteiger partial charge on any atom is 0.310 e. The van der Waals surface area contributed by atoms with Gasteiger partial charge in [-0.3, -0.25) is 4.79 Å². The summed E-state index contributed by atoms with van der Waals surface area (Å²) in [4.78, 5) is 12.3. The summed E-state index contributed by atoms with van der Waals surface area (Å²) in [6.07, 6.45) is 4.34. The molecule has 2 aliphatic carbocycles. The SMILES string of the molecule is CCOC(=O)C1CC2C3Cc4ccccc4C2(CC)CC1N3. The van der Waals surface area contributed by atoms with Crippen molar-refractivity contribution in [2.24, 2.45) is 11.8 Å². The lowest BCUT2D eigenvalue weighted by atomic mass is 9.49. The Bertz CT molecular complexity index is 599. The van der Waals surface area contributed by atoms with Gasteiger partial charge in [-0.05, 0) is 49.7 Å². The predicted octanol–water partition coefficient (Wildman–Crippen LogP) is 2.82. The summed E-state index contributed by atoms with van der Waals surface area (Å²) in [5.41, 5.74) is 3.32. The predicted molar refractivity (Wildman–Crippen MR) is 85.7 cm³/mol. The minimum atomic E-state index is 0.00186. The molecule has 1 saturated carbocycles. The molecule has 1 aromatic carbocycles. The van der Waals surface area contributed by atoms with Gasteiger partial charge in [-0.15, -0.1) is 0 Å². The van der Waals surface area contributed by atoms with Crippen LogP contribution in [0.15, 0.2) is 24.3 Å². The van der Waals surface area contributed by atoms with Crippen molar-refractivity contribution in [1.82, 2.24) is 5.32 Å². The van der Waals surface area contributed by atoms with E-state index in [1.165, 1.54) is 12.0 Å². The smallest absolute Gasteiger partial charge is 0.310 e. The lowest BCUT2D eigenvalue weighted by molar-refractivity contribution is -0.155. The van der Waals surface area contributed by atoms with Gasteiger partial charge in [-0.25, -0.2) is 0 Å². The largest absolute Gasteiger partial charge is 0.466 e. The van der Waals surface area contributed by atoms with Crippen LogP contribution >= 0.6 is 0 Å². The van der Waals surface area contributed by atoms with Crippen LogP contribution < -0.4 is 5.32 Å². The lowest BCUT2D eigenvalue weighted by Gasteiger charge is -2.61. The van der Waals surface area contributed by atoms with Crippen LogP contribution in [0.1, 0.15) is 44.2 Å². The second kappa shape index (κ2) is 5.09. The van der Waals surface area contributed by atoms with Crippen LogP contribution in [0.2, 0.25) is 0 Å². The standard InChI is InChI=1S/C19H25NO2/c1-3-19-11-17-13(18(21)22-4-2)10-15(19)16(20-17)9-12-7-5-6-8-14(12)19/h5-8,13,15-17,20H,3-4,9-11H2,1-2H3. The second-order valence-electron chi connectivity index (χ2n) is 7.16. The lowest BCUT2D eigenvalue weighted by Crippen LogP contribution is -2.69. The third-order valence-corrected chi connectivity index (χ3v) is 6.42. The van der Waals surface area contributed by atoms with Gasteiger partial charge < -0.3 is 10.1 Å². The molecule has 0 aromatic heterocycles. The quantitative estimate of drug-likeness (QED) is 0.872. The number of esters is 1. The molecule has 5 rings (SSSR count). The number of fused-ring (bicyclic) bond motifs is 2. The second-order valence-corrected chi connectivity index (χ2v) is 7.16. The van der Waals surface area contributed by atoms with E-state index in [9.17, 15) is 4.79 Å². The number of hydrogen-bond donors (Lipinski definition) is 1. The van der Waals surface area contributed by atoms with Crippen LogP contribution in [0.25, 0.3) is 0 Å². The topological polar surface area (TPSA) is 38.3 Å². The molecule has 4 bridgehead atoms. The first-order valence-corrected chi connectivity index (χ1v) is 8.70. The molecule has 118 valence electrons. The van der Waals surface area contributed by atoms with Crippen molar-refractivity contribution in [2.45, 2.75) is 57.0 Å². The van der Waals surface area contributed by atoms with Gasteiger partial charge in [0.15, 0.2) is 0 Å². The van der Waals surface area contributed by atoms with E-state index in [1.807, 2.05) is 6.92 Å². The minimum Gasteiger partial charge on any atom is -0.466 e. The first-order valence-electron chi connectivity index (χ1n) is 8.70. The van der Waals surface area contributed by atoms with Crippen LogP contribution in [-0.2, 0) is 21.4 Å². The average Bonchev–Trinajstić information content (AvgIpc) is 2.54. The van der Waals surface area contributed by atoms with Gasteiger partial charge in [0.1, 0.15) is 0 Å². The van der Waals surface area contributed by atoms with Crippen molar-refractivity contribution in [3.63, 3.8) is 0 Å². The van der Waals surface area contributed by atoms with E-state index in [-0.39, 0.29) is 23.3 Å². The number of carbonyl (C=O) groups excluding carboxylic acids is 1. The summed E-state index contributed by atoms with van der Waals surface area (Å²) in [5, 5.41) is 3.77. The summed E-state index contributed by atoms with van der Waals surface area (Å²) in [5.74, 6) is 0.611. The van der Waals surface area contributed by atoms with E-state index in [1.54, 1.807) is 5.56 Å². The van der Waals surface area contributed by atoms with Gasteiger partial charge in [0.05, 0.1) is 12.5 Å². The molecule has 0 spiro atoms. The van der Waals surface area contributed by atoms with Crippen LogP contribution in [0.3, 0.4) is 0 Å². The van der Waals surface area contributed by atoms with Crippen LogP contribution in [0.4, 0.5) is 0 Å².